The molecule has 0 saturated carbocycles. The first-order chi connectivity index (χ1) is 12.1. The van der Waals surface area contributed by atoms with Crippen LogP contribution in [-0.2, 0) is 13.0 Å². The maximum atomic E-state index is 13.8. The van der Waals surface area contributed by atoms with Crippen molar-refractivity contribution < 1.29 is 4.39 Å². The van der Waals surface area contributed by atoms with Crippen molar-refractivity contribution in [3.8, 4) is 0 Å². The van der Waals surface area contributed by atoms with Crippen LogP contribution in [-0.4, -0.2) is 48.0 Å². The Hall–Kier alpha value is -1.30. The summed E-state index contributed by atoms with van der Waals surface area (Å²) in [4.78, 5) is 10.6. The zero-order valence-corrected chi connectivity index (χ0v) is 16.1. The zero-order valence-electron chi connectivity index (χ0n) is 15.2. The summed E-state index contributed by atoms with van der Waals surface area (Å²) in [6, 6.07) is 7.15. The number of hydrogen-bond acceptors (Lipinski definition) is 4. The van der Waals surface area contributed by atoms with Gasteiger partial charge in [0.2, 0.25) is 0 Å². The van der Waals surface area contributed by atoms with Gasteiger partial charge in [0.25, 0.3) is 0 Å². The minimum atomic E-state index is -0.0735. The average molecular weight is 362 g/mol. The van der Waals surface area contributed by atoms with Crippen molar-refractivity contribution in [2.45, 2.75) is 32.7 Å². The Morgan fingerprint density at radius 1 is 1.36 bits per heavy atom. The Bertz CT molecular complexity index is 672. The van der Waals surface area contributed by atoms with Gasteiger partial charge in [0.1, 0.15) is 5.82 Å². The van der Waals surface area contributed by atoms with Crippen molar-refractivity contribution in [1.82, 2.24) is 14.8 Å². The van der Waals surface area contributed by atoms with Crippen LogP contribution in [0.3, 0.4) is 0 Å². The number of rotatable bonds is 7. The van der Waals surface area contributed by atoms with E-state index in [9.17, 15) is 4.39 Å². The van der Waals surface area contributed by atoms with Crippen molar-refractivity contribution in [1.29, 1.82) is 0 Å². The Morgan fingerprint density at radius 2 is 2.20 bits per heavy atom. The maximum Gasteiger partial charge on any atom is 0.126 e. The van der Waals surface area contributed by atoms with Gasteiger partial charge in [0.05, 0.1) is 5.01 Å². The van der Waals surface area contributed by atoms with E-state index in [-0.39, 0.29) is 5.82 Å². The van der Waals surface area contributed by atoms with Gasteiger partial charge in [-0.05, 0) is 57.3 Å². The minimum Gasteiger partial charge on any atom is -0.303 e. The van der Waals surface area contributed by atoms with Gasteiger partial charge >= 0.3 is 0 Å². The second-order valence-electron chi connectivity index (χ2n) is 7.19. The first-order valence-electron chi connectivity index (χ1n) is 9.16. The molecule has 3 rings (SSSR count). The predicted molar refractivity (Wildman–Crippen MR) is 102 cm³/mol. The third kappa shape index (κ3) is 5.59. The van der Waals surface area contributed by atoms with E-state index in [1.54, 1.807) is 23.5 Å². The van der Waals surface area contributed by atoms with Crippen LogP contribution >= 0.6 is 11.3 Å². The highest BCUT2D eigenvalue weighted by atomic mass is 32.1. The number of piperidine rings is 1. The molecular formula is C20H28FN3S. The molecule has 0 spiro atoms. The van der Waals surface area contributed by atoms with E-state index < -0.39 is 0 Å². The number of thiazole rings is 1. The van der Waals surface area contributed by atoms with Crippen LogP contribution in [0.1, 0.15) is 28.3 Å². The second-order valence-corrected chi connectivity index (χ2v) is 8.51. The zero-order chi connectivity index (χ0) is 17.6. The molecular weight excluding hydrogens is 333 g/mol. The molecule has 1 unspecified atom stereocenters. The van der Waals surface area contributed by atoms with Gasteiger partial charge in [-0.15, -0.1) is 11.3 Å². The van der Waals surface area contributed by atoms with Crippen molar-refractivity contribution in [3.63, 3.8) is 0 Å². The number of benzene rings is 1. The van der Waals surface area contributed by atoms with Gasteiger partial charge in [-0.3, -0.25) is 0 Å². The highest BCUT2D eigenvalue weighted by molar-refractivity contribution is 7.11. The molecule has 0 N–H and O–H groups in total. The highest BCUT2D eigenvalue weighted by Crippen LogP contribution is 2.20. The molecule has 1 aliphatic rings. The van der Waals surface area contributed by atoms with Crippen LogP contribution in [0.2, 0.25) is 0 Å². The molecule has 3 nitrogen and oxygen atoms in total. The molecule has 1 saturated heterocycles. The first kappa shape index (κ1) is 18.5. The SMILES string of the molecule is Cc1ncc(CN(C)CC2CCCN(CCc3ccccc3F)C2)s1. The summed E-state index contributed by atoms with van der Waals surface area (Å²) in [6.07, 6.45) is 5.34. The van der Waals surface area contributed by atoms with Crippen LogP contribution in [0, 0.1) is 18.7 Å². The summed E-state index contributed by atoms with van der Waals surface area (Å²) < 4.78 is 13.8. The lowest BCUT2D eigenvalue weighted by molar-refractivity contribution is 0.142. The van der Waals surface area contributed by atoms with E-state index in [1.165, 1.54) is 17.7 Å². The fraction of sp³-hybridized carbons (Fsp3) is 0.550. The number of hydrogen-bond donors (Lipinski definition) is 0. The summed E-state index contributed by atoms with van der Waals surface area (Å²) >= 11 is 1.79. The normalized spacial score (nSPS) is 18.8. The molecule has 136 valence electrons. The van der Waals surface area contributed by atoms with Gasteiger partial charge in [-0.2, -0.15) is 0 Å². The molecule has 5 heteroatoms. The number of aryl methyl sites for hydroxylation is 1. The fourth-order valence-electron chi connectivity index (χ4n) is 3.73. The van der Waals surface area contributed by atoms with Gasteiger partial charge in [-0.25, -0.2) is 9.37 Å². The van der Waals surface area contributed by atoms with Crippen molar-refractivity contribution in [2.24, 2.45) is 5.92 Å². The molecule has 1 atom stereocenters. The smallest absolute Gasteiger partial charge is 0.126 e. The molecule has 0 aliphatic carbocycles. The Kier molecular flexibility index (Phi) is 6.57. The molecule has 0 bridgehead atoms. The summed E-state index contributed by atoms with van der Waals surface area (Å²) in [5.74, 6) is 0.629. The lowest BCUT2D eigenvalue weighted by Gasteiger charge is -2.34. The highest BCUT2D eigenvalue weighted by Gasteiger charge is 2.21. The third-order valence-electron chi connectivity index (χ3n) is 4.92. The van der Waals surface area contributed by atoms with Crippen LogP contribution in [0.5, 0.6) is 0 Å². The van der Waals surface area contributed by atoms with Crippen LogP contribution in [0.15, 0.2) is 30.5 Å². The number of halogens is 1. The van der Waals surface area contributed by atoms with Gasteiger partial charge < -0.3 is 9.80 Å². The van der Waals surface area contributed by atoms with Crippen LogP contribution in [0.25, 0.3) is 0 Å². The summed E-state index contributed by atoms with van der Waals surface area (Å²) in [6.45, 7) is 7.38. The third-order valence-corrected chi connectivity index (χ3v) is 5.82. The van der Waals surface area contributed by atoms with Crippen molar-refractivity contribution in [3.05, 3.63) is 51.7 Å². The molecule has 1 aromatic heterocycles. The molecule has 25 heavy (non-hydrogen) atoms. The molecule has 0 radical (unpaired) electrons. The predicted octanol–water partition coefficient (Wildman–Crippen LogP) is 3.98. The van der Waals surface area contributed by atoms with E-state index >= 15 is 0 Å². The molecule has 2 heterocycles. The average Bonchev–Trinajstić information content (AvgIpc) is 2.99. The maximum absolute atomic E-state index is 13.8. The molecule has 0 amide bonds. The standard InChI is InChI=1S/C20H28FN3S/c1-16-22-12-19(25-16)15-23(2)13-17-6-5-10-24(14-17)11-9-18-7-3-4-8-20(18)21/h3-4,7-8,12,17H,5-6,9-11,13-15H2,1-2H3. The lowest BCUT2D eigenvalue weighted by Crippen LogP contribution is -2.40. The van der Waals surface area contributed by atoms with Gasteiger partial charge in [-0.1, -0.05) is 18.2 Å². The topological polar surface area (TPSA) is 19.4 Å². The summed E-state index contributed by atoms with van der Waals surface area (Å²) in [7, 11) is 2.20. The Morgan fingerprint density at radius 3 is 2.96 bits per heavy atom. The first-order valence-corrected chi connectivity index (χ1v) is 9.97. The van der Waals surface area contributed by atoms with E-state index in [1.807, 2.05) is 18.3 Å². The van der Waals surface area contributed by atoms with E-state index in [2.05, 4.69) is 28.8 Å². The minimum absolute atomic E-state index is 0.0735. The molecule has 1 aliphatic heterocycles. The Labute approximate surface area is 154 Å². The summed E-state index contributed by atoms with van der Waals surface area (Å²) in [5, 5.41) is 1.14. The van der Waals surface area contributed by atoms with Crippen LogP contribution in [0.4, 0.5) is 4.39 Å². The number of nitrogens with zero attached hydrogens (tertiary/aromatic N) is 3. The fourth-order valence-corrected chi connectivity index (χ4v) is 4.61. The Balaban J connectivity index is 1.45. The second kappa shape index (κ2) is 8.88. The number of aromatic nitrogens is 1. The van der Waals surface area contributed by atoms with Gasteiger partial charge in [0, 0.05) is 37.3 Å². The lowest BCUT2D eigenvalue weighted by atomic mass is 9.97. The number of likely N-dealkylation sites (tertiary alicyclic amines) is 1. The molecule has 1 fully saturated rings. The molecule has 1 aromatic carbocycles. The summed E-state index contributed by atoms with van der Waals surface area (Å²) in [5.41, 5.74) is 0.835. The monoisotopic (exact) mass is 361 g/mol. The van der Waals surface area contributed by atoms with E-state index in [0.717, 1.165) is 49.7 Å². The largest absolute Gasteiger partial charge is 0.303 e. The van der Waals surface area contributed by atoms with Crippen molar-refractivity contribution >= 4 is 11.3 Å². The van der Waals surface area contributed by atoms with E-state index in [4.69, 9.17) is 0 Å². The molecule has 2 aromatic rings. The van der Waals surface area contributed by atoms with E-state index in [0.29, 0.717) is 5.92 Å². The quantitative estimate of drug-likeness (QED) is 0.744. The van der Waals surface area contributed by atoms with Gasteiger partial charge in [0.15, 0.2) is 0 Å². The van der Waals surface area contributed by atoms with Crippen molar-refractivity contribution in [2.75, 3.05) is 33.2 Å². The van der Waals surface area contributed by atoms with Crippen LogP contribution < -0.4 is 0 Å².